The normalized spacial score (nSPS) is 11.5. The van der Waals surface area contributed by atoms with Crippen molar-refractivity contribution in [2.24, 2.45) is 0 Å². The molecule has 3 aromatic rings. The molecular formula is C27H38ClN3O. The Bertz CT molecular complexity index is 981. The van der Waals surface area contributed by atoms with E-state index in [1.165, 1.54) is 51.6 Å². The standard InChI is InChI=1S/C27H38ClN3O/c1-4-6-8-16-31(17-9-7-5-2)18-10-15-29-27-23-13-11-21(28)19-26(23)30-25-14-12-22(32-3)20-24(25)27/h11-14,19-20H,4-10,15-18H2,1-3H3,(H,29,30). The molecule has 0 atom stereocenters. The number of fused-ring (bicyclic) bond motifs is 2. The molecule has 0 saturated carbocycles. The van der Waals surface area contributed by atoms with E-state index in [0.717, 1.165) is 52.8 Å². The molecule has 0 amide bonds. The van der Waals surface area contributed by atoms with E-state index >= 15 is 0 Å². The maximum absolute atomic E-state index is 6.25. The number of anilines is 1. The number of aromatic nitrogens is 1. The van der Waals surface area contributed by atoms with E-state index in [1.807, 2.05) is 24.3 Å². The fourth-order valence-electron chi connectivity index (χ4n) is 4.24. The van der Waals surface area contributed by atoms with Crippen molar-refractivity contribution in [3.63, 3.8) is 0 Å². The number of benzene rings is 2. The van der Waals surface area contributed by atoms with Crippen LogP contribution in [0.5, 0.6) is 5.75 Å². The van der Waals surface area contributed by atoms with Gasteiger partial charge in [0.2, 0.25) is 0 Å². The lowest BCUT2D eigenvalue weighted by molar-refractivity contribution is 0.261. The third-order valence-corrected chi connectivity index (χ3v) is 6.29. The van der Waals surface area contributed by atoms with Gasteiger partial charge in [-0.1, -0.05) is 51.1 Å². The van der Waals surface area contributed by atoms with E-state index in [1.54, 1.807) is 7.11 Å². The van der Waals surface area contributed by atoms with Crippen molar-refractivity contribution in [3.05, 3.63) is 41.4 Å². The SMILES string of the molecule is CCCCCN(CCCCC)CCCNc1c2ccc(Cl)cc2nc2ccc(OC)cc12. The van der Waals surface area contributed by atoms with Crippen LogP contribution in [0.1, 0.15) is 58.8 Å². The molecule has 1 aromatic heterocycles. The second-order valence-corrected chi connectivity index (χ2v) is 9.00. The third kappa shape index (κ3) is 6.73. The molecule has 0 saturated heterocycles. The molecule has 0 spiro atoms. The van der Waals surface area contributed by atoms with Gasteiger partial charge in [-0.25, -0.2) is 4.98 Å². The largest absolute Gasteiger partial charge is 0.497 e. The zero-order chi connectivity index (χ0) is 22.8. The Morgan fingerprint density at radius 2 is 1.56 bits per heavy atom. The minimum atomic E-state index is 0.707. The van der Waals surface area contributed by atoms with Crippen molar-refractivity contribution < 1.29 is 4.74 Å². The van der Waals surface area contributed by atoms with E-state index in [-0.39, 0.29) is 0 Å². The Labute approximate surface area is 198 Å². The fourth-order valence-corrected chi connectivity index (χ4v) is 4.40. The number of halogens is 1. The van der Waals surface area contributed by atoms with Crippen molar-refractivity contribution >= 4 is 39.1 Å². The molecule has 4 nitrogen and oxygen atoms in total. The number of rotatable bonds is 14. The van der Waals surface area contributed by atoms with Gasteiger partial charge in [-0.2, -0.15) is 0 Å². The summed E-state index contributed by atoms with van der Waals surface area (Å²) < 4.78 is 5.48. The van der Waals surface area contributed by atoms with Crippen LogP contribution >= 0.6 is 11.6 Å². The molecule has 0 aliphatic heterocycles. The van der Waals surface area contributed by atoms with Gasteiger partial charge in [0.25, 0.3) is 0 Å². The maximum Gasteiger partial charge on any atom is 0.119 e. The average Bonchev–Trinajstić information content (AvgIpc) is 2.80. The van der Waals surface area contributed by atoms with E-state index in [9.17, 15) is 0 Å². The average molecular weight is 456 g/mol. The molecule has 0 bridgehead atoms. The Balaban J connectivity index is 1.73. The van der Waals surface area contributed by atoms with Gasteiger partial charge in [0, 0.05) is 22.3 Å². The summed E-state index contributed by atoms with van der Waals surface area (Å²) in [6.45, 7) is 9.04. The van der Waals surface area contributed by atoms with Crippen molar-refractivity contribution in [2.45, 2.75) is 58.8 Å². The first-order valence-corrected chi connectivity index (χ1v) is 12.6. The molecule has 0 unspecified atom stereocenters. The topological polar surface area (TPSA) is 37.4 Å². The molecule has 0 aliphatic rings. The molecule has 0 fully saturated rings. The summed E-state index contributed by atoms with van der Waals surface area (Å²) in [4.78, 5) is 7.48. The van der Waals surface area contributed by atoms with Crippen LogP contribution < -0.4 is 10.1 Å². The van der Waals surface area contributed by atoms with Gasteiger partial charge < -0.3 is 15.0 Å². The highest BCUT2D eigenvalue weighted by Crippen LogP contribution is 2.34. The van der Waals surface area contributed by atoms with Crippen LogP contribution in [0.2, 0.25) is 5.02 Å². The molecule has 2 aromatic carbocycles. The maximum atomic E-state index is 6.25. The van der Waals surface area contributed by atoms with Crippen molar-refractivity contribution in [3.8, 4) is 5.75 Å². The number of hydrogen-bond acceptors (Lipinski definition) is 4. The number of hydrogen-bond donors (Lipinski definition) is 1. The minimum absolute atomic E-state index is 0.707. The zero-order valence-corrected chi connectivity index (χ0v) is 20.7. The van der Waals surface area contributed by atoms with Gasteiger partial charge in [0.05, 0.1) is 23.8 Å². The van der Waals surface area contributed by atoms with E-state index in [2.05, 4.69) is 36.2 Å². The van der Waals surface area contributed by atoms with E-state index < -0.39 is 0 Å². The molecule has 0 radical (unpaired) electrons. The van der Waals surface area contributed by atoms with Crippen molar-refractivity contribution in [1.29, 1.82) is 0 Å². The highest BCUT2D eigenvalue weighted by Gasteiger charge is 2.11. The van der Waals surface area contributed by atoms with Crippen LogP contribution in [0, 0.1) is 0 Å². The highest BCUT2D eigenvalue weighted by atomic mass is 35.5. The fraction of sp³-hybridized carbons (Fsp3) is 0.519. The van der Waals surface area contributed by atoms with Crippen LogP contribution in [0.4, 0.5) is 5.69 Å². The van der Waals surface area contributed by atoms with Gasteiger partial charge >= 0.3 is 0 Å². The van der Waals surface area contributed by atoms with Crippen molar-refractivity contribution in [2.75, 3.05) is 38.6 Å². The predicted molar refractivity (Wildman–Crippen MR) is 139 cm³/mol. The smallest absolute Gasteiger partial charge is 0.119 e. The van der Waals surface area contributed by atoms with Crippen molar-refractivity contribution in [1.82, 2.24) is 9.88 Å². The van der Waals surface area contributed by atoms with Gasteiger partial charge in [-0.05, 0) is 75.3 Å². The quantitative estimate of drug-likeness (QED) is 0.201. The first kappa shape index (κ1) is 24.6. The Hall–Kier alpha value is -2.04. The van der Waals surface area contributed by atoms with Crippen LogP contribution in [0.3, 0.4) is 0 Å². The van der Waals surface area contributed by atoms with Gasteiger partial charge in [0.15, 0.2) is 0 Å². The Morgan fingerprint density at radius 3 is 2.25 bits per heavy atom. The number of nitrogens with one attached hydrogen (secondary N) is 1. The second kappa shape index (κ2) is 12.9. The summed E-state index contributed by atoms with van der Waals surface area (Å²) in [6, 6.07) is 12.0. The Kier molecular flexibility index (Phi) is 9.89. The number of ether oxygens (including phenoxy) is 1. The van der Waals surface area contributed by atoms with Crippen LogP contribution in [0.25, 0.3) is 21.8 Å². The summed E-state index contributed by atoms with van der Waals surface area (Å²) in [5.41, 5.74) is 2.98. The number of nitrogens with zero attached hydrogens (tertiary/aromatic N) is 2. The van der Waals surface area contributed by atoms with E-state index in [4.69, 9.17) is 21.3 Å². The summed E-state index contributed by atoms with van der Waals surface area (Å²) in [6.07, 6.45) is 8.91. The lowest BCUT2D eigenvalue weighted by Gasteiger charge is -2.22. The number of pyridine rings is 1. The van der Waals surface area contributed by atoms with Gasteiger partial charge in [-0.15, -0.1) is 0 Å². The summed E-state index contributed by atoms with van der Waals surface area (Å²) in [5, 5.41) is 6.61. The first-order chi connectivity index (χ1) is 15.7. The molecule has 1 N–H and O–H groups in total. The molecule has 174 valence electrons. The third-order valence-electron chi connectivity index (χ3n) is 6.05. The summed E-state index contributed by atoms with van der Waals surface area (Å²) in [5.74, 6) is 0.841. The summed E-state index contributed by atoms with van der Waals surface area (Å²) in [7, 11) is 1.70. The predicted octanol–water partition coefficient (Wildman–Crippen LogP) is 7.53. The highest BCUT2D eigenvalue weighted by molar-refractivity contribution is 6.31. The van der Waals surface area contributed by atoms with Crippen LogP contribution in [0.15, 0.2) is 36.4 Å². The summed E-state index contributed by atoms with van der Waals surface area (Å²) >= 11 is 6.25. The lowest BCUT2D eigenvalue weighted by atomic mass is 10.1. The second-order valence-electron chi connectivity index (χ2n) is 8.57. The monoisotopic (exact) mass is 455 g/mol. The molecular weight excluding hydrogens is 418 g/mol. The minimum Gasteiger partial charge on any atom is -0.497 e. The van der Waals surface area contributed by atoms with E-state index in [0.29, 0.717) is 5.02 Å². The zero-order valence-electron chi connectivity index (χ0n) is 19.9. The molecule has 1 heterocycles. The Morgan fingerprint density at radius 1 is 0.844 bits per heavy atom. The molecule has 32 heavy (non-hydrogen) atoms. The molecule has 5 heteroatoms. The number of methoxy groups -OCH3 is 1. The van der Waals surface area contributed by atoms with Crippen LogP contribution in [-0.2, 0) is 0 Å². The number of unbranched alkanes of at least 4 members (excludes halogenated alkanes) is 4. The van der Waals surface area contributed by atoms with Gasteiger partial charge in [0.1, 0.15) is 5.75 Å². The molecule has 3 rings (SSSR count). The van der Waals surface area contributed by atoms with Crippen LogP contribution in [-0.4, -0.2) is 43.2 Å². The lowest BCUT2D eigenvalue weighted by Crippen LogP contribution is -2.28. The first-order valence-electron chi connectivity index (χ1n) is 12.2. The van der Waals surface area contributed by atoms with Gasteiger partial charge in [-0.3, -0.25) is 0 Å². The molecule has 0 aliphatic carbocycles.